The Labute approximate surface area is 123 Å². The fraction of sp³-hybridized carbons (Fsp3) is 0.250. The van der Waals surface area contributed by atoms with Crippen molar-refractivity contribution in [1.29, 1.82) is 0 Å². The van der Waals surface area contributed by atoms with Crippen LogP contribution in [0, 0.1) is 10.1 Å². The molecule has 1 atom stereocenters. The van der Waals surface area contributed by atoms with Crippen molar-refractivity contribution in [2.24, 2.45) is 0 Å². The zero-order chi connectivity index (χ0) is 15.2. The van der Waals surface area contributed by atoms with E-state index in [0.717, 1.165) is 11.1 Å². The Balaban J connectivity index is 2.08. The number of rotatable bonds is 6. The number of ether oxygens (including phenoxy) is 1. The van der Waals surface area contributed by atoms with Gasteiger partial charge in [-0.2, -0.15) is 0 Å². The van der Waals surface area contributed by atoms with Crippen molar-refractivity contribution >= 4 is 5.69 Å². The molecule has 2 aromatic carbocycles. The van der Waals surface area contributed by atoms with Crippen LogP contribution in [0.3, 0.4) is 0 Å². The molecule has 5 heteroatoms. The molecule has 0 aliphatic rings. The van der Waals surface area contributed by atoms with Crippen molar-refractivity contribution in [1.82, 2.24) is 0 Å². The Morgan fingerprint density at radius 1 is 1.19 bits per heavy atom. The molecule has 0 heterocycles. The van der Waals surface area contributed by atoms with Gasteiger partial charge in [0, 0.05) is 17.7 Å². The summed E-state index contributed by atoms with van der Waals surface area (Å²) >= 11 is 0. The Bertz CT molecular complexity index is 610. The quantitative estimate of drug-likeness (QED) is 0.650. The van der Waals surface area contributed by atoms with Crippen molar-refractivity contribution < 1.29 is 14.8 Å². The number of aliphatic hydroxyl groups excluding tert-OH is 1. The maximum absolute atomic E-state index is 10.6. The average Bonchev–Trinajstić information content (AvgIpc) is 2.52. The van der Waals surface area contributed by atoms with Crippen LogP contribution in [0.2, 0.25) is 0 Å². The van der Waals surface area contributed by atoms with E-state index >= 15 is 0 Å². The van der Waals surface area contributed by atoms with Gasteiger partial charge in [-0.3, -0.25) is 10.1 Å². The summed E-state index contributed by atoms with van der Waals surface area (Å²) in [6.07, 6.45) is 0.0517. The second kappa shape index (κ2) is 6.85. The van der Waals surface area contributed by atoms with Gasteiger partial charge in [0.2, 0.25) is 0 Å². The first kappa shape index (κ1) is 15.0. The van der Waals surface area contributed by atoms with Gasteiger partial charge in [0.1, 0.15) is 12.4 Å². The molecule has 110 valence electrons. The summed E-state index contributed by atoms with van der Waals surface area (Å²) in [6.45, 7) is 2.20. The maximum atomic E-state index is 10.6. The zero-order valence-corrected chi connectivity index (χ0v) is 11.7. The second-order valence-corrected chi connectivity index (χ2v) is 4.67. The first-order chi connectivity index (χ1) is 10.1. The minimum atomic E-state index is -0.557. The molecule has 0 aliphatic heterocycles. The van der Waals surface area contributed by atoms with E-state index in [1.54, 1.807) is 18.2 Å². The minimum absolute atomic E-state index is 0.0561. The lowest BCUT2D eigenvalue weighted by molar-refractivity contribution is -0.384. The third-order valence-electron chi connectivity index (χ3n) is 3.21. The molecule has 0 aliphatic carbocycles. The molecule has 0 saturated carbocycles. The van der Waals surface area contributed by atoms with Crippen LogP contribution < -0.4 is 4.74 Å². The van der Waals surface area contributed by atoms with E-state index in [9.17, 15) is 15.2 Å². The van der Waals surface area contributed by atoms with Gasteiger partial charge in [0.05, 0.1) is 11.0 Å². The van der Waals surface area contributed by atoms with Crippen molar-refractivity contribution in [2.45, 2.75) is 26.1 Å². The Morgan fingerprint density at radius 3 is 2.48 bits per heavy atom. The summed E-state index contributed by atoms with van der Waals surface area (Å²) in [4.78, 5) is 10.2. The number of non-ortho nitro benzene ring substituents is 1. The number of nitrogens with zero attached hydrogens (tertiary/aromatic N) is 1. The fourth-order valence-electron chi connectivity index (χ4n) is 1.98. The van der Waals surface area contributed by atoms with Crippen LogP contribution in [0.15, 0.2) is 48.5 Å². The lowest BCUT2D eigenvalue weighted by Gasteiger charge is -2.14. The number of hydrogen-bond donors (Lipinski definition) is 1. The average molecular weight is 287 g/mol. The van der Waals surface area contributed by atoms with Crippen molar-refractivity contribution in [3.05, 3.63) is 69.8 Å². The third-order valence-corrected chi connectivity index (χ3v) is 3.21. The Kier molecular flexibility index (Phi) is 4.90. The van der Waals surface area contributed by atoms with Crippen LogP contribution in [-0.2, 0) is 6.61 Å². The molecule has 21 heavy (non-hydrogen) atoms. The van der Waals surface area contributed by atoms with Gasteiger partial charge in [-0.05, 0) is 30.2 Å². The van der Waals surface area contributed by atoms with E-state index in [-0.39, 0.29) is 5.69 Å². The summed E-state index contributed by atoms with van der Waals surface area (Å²) in [5.74, 6) is 0.630. The second-order valence-electron chi connectivity index (χ2n) is 4.67. The highest BCUT2D eigenvalue weighted by Crippen LogP contribution is 2.27. The highest BCUT2D eigenvalue weighted by Gasteiger charge is 2.11. The molecular weight excluding hydrogens is 270 g/mol. The molecule has 0 spiro atoms. The minimum Gasteiger partial charge on any atom is -0.489 e. The van der Waals surface area contributed by atoms with E-state index in [1.165, 1.54) is 12.1 Å². The Morgan fingerprint density at radius 2 is 1.86 bits per heavy atom. The number of benzene rings is 2. The molecule has 1 N–H and O–H groups in total. The number of para-hydroxylation sites is 1. The largest absolute Gasteiger partial charge is 0.489 e. The van der Waals surface area contributed by atoms with Crippen LogP contribution in [0.4, 0.5) is 5.69 Å². The third kappa shape index (κ3) is 3.79. The van der Waals surface area contributed by atoms with Gasteiger partial charge in [-0.25, -0.2) is 0 Å². The van der Waals surface area contributed by atoms with Crippen molar-refractivity contribution in [3.8, 4) is 5.75 Å². The molecule has 5 nitrogen and oxygen atoms in total. The fourth-order valence-corrected chi connectivity index (χ4v) is 1.98. The molecule has 0 bridgehead atoms. The molecule has 2 aromatic rings. The number of aliphatic hydroxyl groups is 1. The van der Waals surface area contributed by atoms with Gasteiger partial charge < -0.3 is 9.84 Å². The molecular formula is C16H17NO4. The molecule has 2 rings (SSSR count). The first-order valence-electron chi connectivity index (χ1n) is 6.75. The SMILES string of the molecule is CC[C@@H](O)c1ccccc1OCc1ccc([N+](=O)[O-])cc1. The van der Waals surface area contributed by atoms with E-state index < -0.39 is 11.0 Å². The van der Waals surface area contributed by atoms with E-state index in [1.807, 2.05) is 25.1 Å². The Hall–Kier alpha value is -2.40. The van der Waals surface area contributed by atoms with Crippen molar-refractivity contribution in [3.63, 3.8) is 0 Å². The van der Waals surface area contributed by atoms with E-state index in [4.69, 9.17) is 4.74 Å². The lowest BCUT2D eigenvalue weighted by atomic mass is 10.1. The summed E-state index contributed by atoms with van der Waals surface area (Å²) in [5.41, 5.74) is 1.64. The van der Waals surface area contributed by atoms with Gasteiger partial charge in [-0.15, -0.1) is 0 Å². The predicted octanol–water partition coefficient (Wildman–Crippen LogP) is 3.62. The molecule has 0 saturated heterocycles. The zero-order valence-electron chi connectivity index (χ0n) is 11.7. The monoisotopic (exact) mass is 287 g/mol. The number of hydrogen-bond acceptors (Lipinski definition) is 4. The summed E-state index contributed by atoms with van der Waals surface area (Å²) < 4.78 is 5.72. The topological polar surface area (TPSA) is 72.6 Å². The smallest absolute Gasteiger partial charge is 0.269 e. The van der Waals surface area contributed by atoms with Gasteiger partial charge in [0.15, 0.2) is 0 Å². The van der Waals surface area contributed by atoms with Crippen molar-refractivity contribution in [2.75, 3.05) is 0 Å². The maximum Gasteiger partial charge on any atom is 0.269 e. The first-order valence-corrected chi connectivity index (χ1v) is 6.75. The summed E-state index contributed by atoms with van der Waals surface area (Å²) in [5, 5.41) is 20.5. The summed E-state index contributed by atoms with van der Waals surface area (Å²) in [7, 11) is 0. The number of nitro benzene ring substituents is 1. The molecule has 0 fully saturated rings. The normalized spacial score (nSPS) is 11.9. The van der Waals surface area contributed by atoms with Gasteiger partial charge in [0.25, 0.3) is 5.69 Å². The van der Waals surface area contributed by atoms with Crippen LogP contribution in [0.1, 0.15) is 30.6 Å². The summed E-state index contributed by atoms with van der Waals surface area (Å²) in [6, 6.07) is 13.6. The highest BCUT2D eigenvalue weighted by molar-refractivity contribution is 5.36. The van der Waals surface area contributed by atoms with Crippen LogP contribution in [-0.4, -0.2) is 10.0 Å². The molecule has 0 radical (unpaired) electrons. The predicted molar refractivity (Wildman–Crippen MR) is 79.1 cm³/mol. The van der Waals surface area contributed by atoms with Crippen LogP contribution in [0.5, 0.6) is 5.75 Å². The van der Waals surface area contributed by atoms with Gasteiger partial charge >= 0.3 is 0 Å². The van der Waals surface area contributed by atoms with E-state index in [0.29, 0.717) is 18.8 Å². The molecule has 0 amide bonds. The van der Waals surface area contributed by atoms with Gasteiger partial charge in [-0.1, -0.05) is 25.1 Å². The van der Waals surface area contributed by atoms with Crippen LogP contribution in [0.25, 0.3) is 0 Å². The lowest BCUT2D eigenvalue weighted by Crippen LogP contribution is -2.02. The molecule has 0 unspecified atom stereocenters. The standard InChI is InChI=1S/C16H17NO4/c1-2-15(18)14-5-3-4-6-16(14)21-11-12-7-9-13(10-8-12)17(19)20/h3-10,15,18H,2,11H2,1H3/t15-/m1/s1. The highest BCUT2D eigenvalue weighted by atomic mass is 16.6. The van der Waals surface area contributed by atoms with E-state index in [2.05, 4.69) is 0 Å². The molecule has 0 aromatic heterocycles. The number of nitro groups is 1. The van der Waals surface area contributed by atoms with Crippen LogP contribution >= 0.6 is 0 Å².